The monoisotopic (exact) mass is 278 g/mol. The van der Waals surface area contributed by atoms with Crippen LogP contribution in [0.5, 0.6) is 0 Å². The molecule has 2 N–H and O–H groups in total. The molecule has 0 saturated carbocycles. The SMILES string of the molecule is COC(=O)c1cccc(NC(=O)CC2COCCN2)c1. The van der Waals surface area contributed by atoms with Crippen molar-refractivity contribution >= 4 is 17.6 Å². The molecule has 1 unspecified atom stereocenters. The van der Waals surface area contributed by atoms with Crippen molar-refractivity contribution in [1.82, 2.24) is 5.32 Å². The van der Waals surface area contributed by atoms with Gasteiger partial charge in [0.15, 0.2) is 0 Å². The van der Waals surface area contributed by atoms with Crippen molar-refractivity contribution in [2.45, 2.75) is 12.5 Å². The Labute approximate surface area is 117 Å². The minimum absolute atomic E-state index is 0.0348. The van der Waals surface area contributed by atoms with Crippen LogP contribution in [0.3, 0.4) is 0 Å². The lowest BCUT2D eigenvalue weighted by molar-refractivity contribution is -0.117. The second-order valence-electron chi connectivity index (χ2n) is 4.55. The molecule has 108 valence electrons. The van der Waals surface area contributed by atoms with E-state index in [2.05, 4.69) is 15.4 Å². The number of carbonyl (C=O) groups excluding carboxylic acids is 2. The molecule has 0 radical (unpaired) electrons. The normalized spacial score (nSPS) is 18.4. The Morgan fingerprint density at radius 1 is 1.50 bits per heavy atom. The molecule has 1 atom stereocenters. The summed E-state index contributed by atoms with van der Waals surface area (Å²) in [6, 6.07) is 6.69. The van der Waals surface area contributed by atoms with Gasteiger partial charge >= 0.3 is 5.97 Å². The number of nitrogens with one attached hydrogen (secondary N) is 2. The largest absolute Gasteiger partial charge is 0.465 e. The number of esters is 1. The van der Waals surface area contributed by atoms with Crippen LogP contribution < -0.4 is 10.6 Å². The third-order valence-corrected chi connectivity index (χ3v) is 3.00. The number of methoxy groups -OCH3 is 1. The summed E-state index contributed by atoms with van der Waals surface area (Å²) in [6.45, 7) is 1.98. The van der Waals surface area contributed by atoms with Crippen LogP contribution in [0, 0.1) is 0 Å². The first kappa shape index (κ1) is 14.5. The number of hydrogen-bond donors (Lipinski definition) is 2. The third kappa shape index (κ3) is 4.04. The Morgan fingerprint density at radius 2 is 2.35 bits per heavy atom. The zero-order valence-electron chi connectivity index (χ0n) is 11.3. The van der Waals surface area contributed by atoms with Gasteiger partial charge in [-0.2, -0.15) is 0 Å². The molecule has 6 nitrogen and oxygen atoms in total. The first-order valence-electron chi connectivity index (χ1n) is 6.48. The number of morpholine rings is 1. The van der Waals surface area contributed by atoms with Crippen LogP contribution >= 0.6 is 0 Å². The molecule has 1 amide bonds. The smallest absolute Gasteiger partial charge is 0.337 e. The second-order valence-corrected chi connectivity index (χ2v) is 4.55. The molecule has 0 aliphatic carbocycles. The summed E-state index contributed by atoms with van der Waals surface area (Å²) in [7, 11) is 1.32. The van der Waals surface area contributed by atoms with Gasteiger partial charge in [0.25, 0.3) is 0 Å². The number of amides is 1. The van der Waals surface area contributed by atoms with E-state index < -0.39 is 5.97 Å². The van der Waals surface area contributed by atoms with Crippen LogP contribution in [0.4, 0.5) is 5.69 Å². The molecule has 6 heteroatoms. The standard InChI is InChI=1S/C14H18N2O4/c1-19-14(18)10-3-2-4-11(7-10)16-13(17)8-12-9-20-6-5-15-12/h2-4,7,12,15H,5-6,8-9H2,1H3,(H,16,17). The van der Waals surface area contributed by atoms with Crippen molar-refractivity contribution in [1.29, 1.82) is 0 Å². The Balaban J connectivity index is 1.91. The Hall–Kier alpha value is -1.92. The minimum atomic E-state index is -0.427. The van der Waals surface area contributed by atoms with E-state index in [-0.39, 0.29) is 11.9 Å². The van der Waals surface area contributed by atoms with Gasteiger partial charge in [0.1, 0.15) is 0 Å². The molecule has 2 rings (SSSR count). The van der Waals surface area contributed by atoms with Gasteiger partial charge < -0.3 is 20.1 Å². The zero-order chi connectivity index (χ0) is 14.4. The molecule has 1 heterocycles. The highest BCUT2D eigenvalue weighted by Crippen LogP contribution is 2.12. The number of hydrogen-bond acceptors (Lipinski definition) is 5. The highest BCUT2D eigenvalue weighted by Gasteiger charge is 2.17. The maximum Gasteiger partial charge on any atom is 0.337 e. The van der Waals surface area contributed by atoms with Crippen molar-refractivity contribution in [2.24, 2.45) is 0 Å². The van der Waals surface area contributed by atoms with Crippen molar-refractivity contribution in [2.75, 3.05) is 32.2 Å². The Morgan fingerprint density at radius 3 is 3.05 bits per heavy atom. The van der Waals surface area contributed by atoms with Crippen LogP contribution in [0.1, 0.15) is 16.8 Å². The fourth-order valence-corrected chi connectivity index (χ4v) is 2.03. The number of rotatable bonds is 4. The minimum Gasteiger partial charge on any atom is -0.465 e. The fraction of sp³-hybridized carbons (Fsp3) is 0.429. The van der Waals surface area contributed by atoms with Crippen molar-refractivity contribution < 1.29 is 19.1 Å². The van der Waals surface area contributed by atoms with E-state index in [0.717, 1.165) is 6.54 Å². The average molecular weight is 278 g/mol. The Kier molecular flexibility index (Phi) is 5.09. The lowest BCUT2D eigenvalue weighted by Gasteiger charge is -2.23. The van der Waals surface area contributed by atoms with E-state index >= 15 is 0 Å². The predicted octanol–water partition coefficient (Wildman–Crippen LogP) is 0.790. The summed E-state index contributed by atoms with van der Waals surface area (Å²) in [5.41, 5.74) is 0.985. The molecule has 1 aromatic carbocycles. The molecule has 1 fully saturated rings. The van der Waals surface area contributed by atoms with E-state index in [9.17, 15) is 9.59 Å². The van der Waals surface area contributed by atoms with E-state index in [1.807, 2.05) is 0 Å². The molecule has 0 bridgehead atoms. The molecule has 0 spiro atoms. The van der Waals surface area contributed by atoms with Crippen LogP contribution in [0.2, 0.25) is 0 Å². The van der Waals surface area contributed by atoms with E-state index in [0.29, 0.717) is 30.9 Å². The summed E-state index contributed by atoms with van der Waals surface area (Å²) in [5, 5.41) is 5.98. The Bertz CT molecular complexity index is 484. The summed E-state index contributed by atoms with van der Waals surface area (Å²) in [4.78, 5) is 23.3. The maximum atomic E-state index is 11.9. The summed E-state index contributed by atoms with van der Waals surface area (Å²) in [6.07, 6.45) is 0.336. The average Bonchev–Trinajstić information content (AvgIpc) is 2.47. The number of carbonyl (C=O) groups is 2. The van der Waals surface area contributed by atoms with Crippen LogP contribution in [-0.2, 0) is 14.3 Å². The van der Waals surface area contributed by atoms with Crippen molar-refractivity contribution in [3.8, 4) is 0 Å². The van der Waals surface area contributed by atoms with Gasteiger partial charge in [-0.25, -0.2) is 4.79 Å². The quantitative estimate of drug-likeness (QED) is 0.796. The number of anilines is 1. The molecule has 1 aromatic rings. The molecule has 1 saturated heterocycles. The second kappa shape index (κ2) is 7.02. The maximum absolute atomic E-state index is 11.9. The van der Waals surface area contributed by atoms with E-state index in [4.69, 9.17) is 4.74 Å². The van der Waals surface area contributed by atoms with Crippen LogP contribution in [0.15, 0.2) is 24.3 Å². The number of benzene rings is 1. The first-order valence-corrected chi connectivity index (χ1v) is 6.48. The highest BCUT2D eigenvalue weighted by atomic mass is 16.5. The summed E-state index contributed by atoms with van der Waals surface area (Å²) >= 11 is 0. The topological polar surface area (TPSA) is 76.7 Å². The molecular formula is C14H18N2O4. The molecule has 20 heavy (non-hydrogen) atoms. The fourth-order valence-electron chi connectivity index (χ4n) is 2.03. The number of ether oxygens (including phenoxy) is 2. The third-order valence-electron chi connectivity index (χ3n) is 3.00. The van der Waals surface area contributed by atoms with Crippen molar-refractivity contribution in [3.63, 3.8) is 0 Å². The zero-order valence-corrected chi connectivity index (χ0v) is 11.3. The lowest BCUT2D eigenvalue weighted by Crippen LogP contribution is -2.43. The molecule has 0 aromatic heterocycles. The highest BCUT2D eigenvalue weighted by molar-refractivity contribution is 5.94. The van der Waals surface area contributed by atoms with E-state index in [1.165, 1.54) is 7.11 Å². The van der Waals surface area contributed by atoms with Gasteiger partial charge in [0, 0.05) is 24.7 Å². The molecule has 1 aliphatic rings. The van der Waals surface area contributed by atoms with Gasteiger partial charge in [0.2, 0.25) is 5.91 Å². The molecular weight excluding hydrogens is 260 g/mol. The van der Waals surface area contributed by atoms with Crippen LogP contribution in [-0.4, -0.2) is 44.8 Å². The van der Waals surface area contributed by atoms with Gasteiger partial charge in [-0.15, -0.1) is 0 Å². The van der Waals surface area contributed by atoms with Crippen molar-refractivity contribution in [3.05, 3.63) is 29.8 Å². The van der Waals surface area contributed by atoms with E-state index in [1.54, 1.807) is 24.3 Å². The summed E-state index contributed by atoms with van der Waals surface area (Å²) < 4.78 is 9.93. The molecule has 1 aliphatic heterocycles. The van der Waals surface area contributed by atoms with Gasteiger partial charge in [-0.05, 0) is 18.2 Å². The predicted molar refractivity (Wildman–Crippen MR) is 73.6 cm³/mol. The van der Waals surface area contributed by atoms with Gasteiger partial charge in [-0.3, -0.25) is 4.79 Å². The lowest BCUT2D eigenvalue weighted by atomic mass is 10.1. The van der Waals surface area contributed by atoms with Gasteiger partial charge in [-0.1, -0.05) is 6.07 Å². The summed E-state index contributed by atoms with van der Waals surface area (Å²) in [5.74, 6) is -0.543. The van der Waals surface area contributed by atoms with Gasteiger partial charge in [0.05, 0.1) is 25.9 Å². The van der Waals surface area contributed by atoms with Crippen LogP contribution in [0.25, 0.3) is 0 Å². The first-order chi connectivity index (χ1) is 9.69.